The molecule has 6 nitrogen and oxygen atoms in total. The van der Waals surface area contributed by atoms with Crippen LogP contribution in [0, 0.1) is 5.92 Å². The van der Waals surface area contributed by atoms with Crippen molar-refractivity contribution < 1.29 is 19.1 Å². The average Bonchev–Trinajstić information content (AvgIpc) is 2.68. The summed E-state index contributed by atoms with van der Waals surface area (Å²) in [7, 11) is 0. The Morgan fingerprint density at radius 3 is 2.52 bits per heavy atom. The lowest BCUT2D eigenvalue weighted by atomic mass is 9.97. The van der Waals surface area contributed by atoms with Gasteiger partial charge in [-0.15, -0.1) is 0 Å². The highest BCUT2D eigenvalue weighted by molar-refractivity contribution is 5.79. The van der Waals surface area contributed by atoms with Gasteiger partial charge < -0.3 is 14.4 Å². The predicted octanol–water partition coefficient (Wildman–Crippen LogP) is 2.25. The van der Waals surface area contributed by atoms with Crippen molar-refractivity contribution in [3.05, 3.63) is 35.9 Å². The van der Waals surface area contributed by atoms with E-state index in [4.69, 9.17) is 9.47 Å². The number of nitrogens with zero attached hydrogens (tertiary/aromatic N) is 2. The second-order valence-electron chi connectivity index (χ2n) is 7.45. The summed E-state index contributed by atoms with van der Waals surface area (Å²) in [5.41, 5.74) is 1.15. The molecule has 148 valence electrons. The number of morpholine rings is 1. The Labute approximate surface area is 161 Å². The molecular weight excluding hydrogens is 344 g/mol. The van der Waals surface area contributed by atoms with Crippen molar-refractivity contribution >= 4 is 11.9 Å². The normalized spacial score (nSPS) is 24.6. The molecular formula is C21H30N2O4. The summed E-state index contributed by atoms with van der Waals surface area (Å²) < 4.78 is 11.2. The minimum Gasteiger partial charge on any atom is -0.466 e. The maximum absolute atomic E-state index is 12.7. The largest absolute Gasteiger partial charge is 0.466 e. The third-order valence-electron chi connectivity index (χ3n) is 5.33. The number of likely N-dealkylation sites (tertiary alicyclic amines) is 1. The molecule has 0 aromatic heterocycles. The lowest BCUT2D eigenvalue weighted by Gasteiger charge is -2.38. The van der Waals surface area contributed by atoms with E-state index < -0.39 is 0 Å². The number of carbonyl (C=O) groups is 2. The summed E-state index contributed by atoms with van der Waals surface area (Å²) in [6.45, 7) is 7.43. The van der Waals surface area contributed by atoms with E-state index in [-0.39, 0.29) is 30.0 Å². The molecule has 0 bridgehead atoms. The van der Waals surface area contributed by atoms with Crippen LogP contribution in [0.2, 0.25) is 0 Å². The Kier molecular flexibility index (Phi) is 6.85. The van der Waals surface area contributed by atoms with Crippen LogP contribution in [-0.2, 0) is 19.1 Å². The summed E-state index contributed by atoms with van der Waals surface area (Å²) in [5.74, 6) is -0.0598. The molecule has 1 amide bonds. The third kappa shape index (κ3) is 5.30. The van der Waals surface area contributed by atoms with E-state index in [0.717, 1.165) is 18.7 Å². The number of benzene rings is 1. The monoisotopic (exact) mass is 374 g/mol. The first-order valence-corrected chi connectivity index (χ1v) is 9.94. The zero-order valence-electron chi connectivity index (χ0n) is 16.3. The van der Waals surface area contributed by atoms with E-state index in [0.29, 0.717) is 39.1 Å². The van der Waals surface area contributed by atoms with Crippen LogP contribution < -0.4 is 0 Å². The van der Waals surface area contributed by atoms with Crippen molar-refractivity contribution in [3.63, 3.8) is 0 Å². The first-order valence-electron chi connectivity index (χ1n) is 9.94. The standard InChI is InChI=1S/C21H30N2O4/c1-3-26-21(25)18-9-11-23(12-10-18)20(24)15-22-13-16(2)27-19(14-22)17-7-5-4-6-8-17/h4-8,16,18-19H,3,9-15H2,1-2H3. The van der Waals surface area contributed by atoms with E-state index in [1.807, 2.05) is 30.0 Å². The van der Waals surface area contributed by atoms with Crippen LogP contribution in [0.4, 0.5) is 0 Å². The van der Waals surface area contributed by atoms with Crippen molar-refractivity contribution in [1.29, 1.82) is 0 Å². The molecule has 2 aliphatic rings. The summed E-state index contributed by atoms with van der Waals surface area (Å²) >= 11 is 0. The first kappa shape index (κ1) is 19.8. The Balaban J connectivity index is 1.51. The van der Waals surface area contributed by atoms with Crippen LogP contribution in [-0.4, -0.2) is 67.1 Å². The molecule has 2 aliphatic heterocycles. The highest BCUT2D eigenvalue weighted by atomic mass is 16.5. The molecule has 2 fully saturated rings. The van der Waals surface area contributed by atoms with E-state index in [2.05, 4.69) is 24.0 Å². The Bertz CT molecular complexity index is 628. The van der Waals surface area contributed by atoms with Gasteiger partial charge in [-0.05, 0) is 32.3 Å². The zero-order chi connectivity index (χ0) is 19.2. The number of rotatable bonds is 5. The highest BCUT2D eigenvalue weighted by Gasteiger charge is 2.31. The molecule has 2 atom stereocenters. The molecule has 2 unspecified atom stereocenters. The number of hydrogen-bond acceptors (Lipinski definition) is 5. The molecule has 1 aromatic carbocycles. The van der Waals surface area contributed by atoms with E-state index in [9.17, 15) is 9.59 Å². The fourth-order valence-electron chi connectivity index (χ4n) is 3.94. The maximum atomic E-state index is 12.7. The van der Waals surface area contributed by atoms with Gasteiger partial charge in [-0.25, -0.2) is 0 Å². The fourth-order valence-corrected chi connectivity index (χ4v) is 3.94. The second-order valence-corrected chi connectivity index (χ2v) is 7.45. The molecule has 0 saturated carbocycles. The van der Waals surface area contributed by atoms with Gasteiger partial charge in [0.25, 0.3) is 0 Å². The molecule has 0 N–H and O–H groups in total. The number of ether oxygens (including phenoxy) is 2. The summed E-state index contributed by atoms with van der Waals surface area (Å²) in [5, 5.41) is 0. The highest BCUT2D eigenvalue weighted by Crippen LogP contribution is 2.25. The van der Waals surface area contributed by atoms with Crippen molar-refractivity contribution in [3.8, 4) is 0 Å². The second kappa shape index (κ2) is 9.33. The molecule has 0 radical (unpaired) electrons. The van der Waals surface area contributed by atoms with Crippen LogP contribution in [0.5, 0.6) is 0 Å². The van der Waals surface area contributed by atoms with Gasteiger partial charge in [-0.1, -0.05) is 30.3 Å². The molecule has 27 heavy (non-hydrogen) atoms. The van der Waals surface area contributed by atoms with Crippen LogP contribution in [0.3, 0.4) is 0 Å². The lowest BCUT2D eigenvalue weighted by molar-refractivity contribution is -0.151. The van der Waals surface area contributed by atoms with E-state index in [1.165, 1.54) is 0 Å². The number of esters is 1. The quantitative estimate of drug-likeness (QED) is 0.740. The molecule has 3 rings (SSSR count). The van der Waals surface area contributed by atoms with Gasteiger partial charge in [0.05, 0.1) is 31.3 Å². The average molecular weight is 374 g/mol. The van der Waals surface area contributed by atoms with Crippen molar-refractivity contribution in [2.45, 2.75) is 38.9 Å². The number of piperidine rings is 1. The van der Waals surface area contributed by atoms with Gasteiger partial charge in [-0.2, -0.15) is 0 Å². The SMILES string of the molecule is CCOC(=O)C1CCN(C(=O)CN2CC(C)OC(c3ccccc3)C2)CC1. The number of hydrogen-bond donors (Lipinski definition) is 0. The molecule has 1 aromatic rings. The summed E-state index contributed by atoms with van der Waals surface area (Å²) in [6, 6.07) is 10.2. The van der Waals surface area contributed by atoms with Gasteiger partial charge in [0.2, 0.25) is 5.91 Å². The van der Waals surface area contributed by atoms with Crippen LogP contribution in [0.1, 0.15) is 38.4 Å². The van der Waals surface area contributed by atoms with E-state index >= 15 is 0 Å². The summed E-state index contributed by atoms with van der Waals surface area (Å²) in [6.07, 6.45) is 1.47. The van der Waals surface area contributed by atoms with Gasteiger partial charge in [-0.3, -0.25) is 14.5 Å². The molecule has 0 spiro atoms. The van der Waals surface area contributed by atoms with Crippen LogP contribution in [0.25, 0.3) is 0 Å². The summed E-state index contributed by atoms with van der Waals surface area (Å²) in [4.78, 5) is 28.7. The van der Waals surface area contributed by atoms with Crippen molar-refractivity contribution in [1.82, 2.24) is 9.80 Å². The van der Waals surface area contributed by atoms with Gasteiger partial charge in [0, 0.05) is 26.2 Å². The molecule has 2 heterocycles. The minimum atomic E-state index is -0.127. The van der Waals surface area contributed by atoms with Crippen molar-refractivity contribution in [2.24, 2.45) is 5.92 Å². The fraction of sp³-hybridized carbons (Fsp3) is 0.619. The van der Waals surface area contributed by atoms with Crippen molar-refractivity contribution in [2.75, 3.05) is 39.3 Å². The predicted molar refractivity (Wildman–Crippen MR) is 102 cm³/mol. The molecule has 6 heteroatoms. The first-order chi connectivity index (χ1) is 13.1. The molecule has 2 saturated heterocycles. The van der Waals surface area contributed by atoms with Gasteiger partial charge >= 0.3 is 5.97 Å². The number of carbonyl (C=O) groups excluding carboxylic acids is 2. The topological polar surface area (TPSA) is 59.1 Å². The maximum Gasteiger partial charge on any atom is 0.309 e. The van der Waals surface area contributed by atoms with Gasteiger partial charge in [0.1, 0.15) is 0 Å². The lowest BCUT2D eigenvalue weighted by Crippen LogP contribution is -2.49. The zero-order valence-corrected chi connectivity index (χ0v) is 16.3. The smallest absolute Gasteiger partial charge is 0.309 e. The van der Waals surface area contributed by atoms with E-state index in [1.54, 1.807) is 0 Å². The minimum absolute atomic E-state index is 0.00250. The molecule has 0 aliphatic carbocycles. The number of amides is 1. The van der Waals surface area contributed by atoms with Crippen LogP contribution in [0.15, 0.2) is 30.3 Å². The third-order valence-corrected chi connectivity index (χ3v) is 5.33. The Hall–Kier alpha value is -1.92. The van der Waals surface area contributed by atoms with Crippen LogP contribution >= 0.6 is 0 Å². The van der Waals surface area contributed by atoms with Gasteiger partial charge in [0.15, 0.2) is 0 Å². The Morgan fingerprint density at radius 2 is 1.85 bits per heavy atom. The Morgan fingerprint density at radius 1 is 1.15 bits per heavy atom.